The third-order valence-electron chi connectivity index (χ3n) is 1.84. The van der Waals surface area contributed by atoms with Crippen LogP contribution in [0.15, 0.2) is 16.6 Å². The standard InChI is InChI=1S/C10H9Br2F2NO/c1-5(4-11)15-10(16)9-7(13)2-6(12)3-8(9)14/h2-3,5H,4H2,1H3,(H,15,16). The zero-order chi connectivity index (χ0) is 12.3. The quantitative estimate of drug-likeness (QED) is 0.827. The van der Waals surface area contributed by atoms with Crippen molar-refractivity contribution in [2.24, 2.45) is 0 Å². The Kier molecular flexibility index (Phi) is 4.86. The van der Waals surface area contributed by atoms with Crippen LogP contribution >= 0.6 is 31.9 Å². The van der Waals surface area contributed by atoms with Crippen molar-refractivity contribution in [1.82, 2.24) is 5.32 Å². The molecule has 0 bridgehead atoms. The van der Waals surface area contributed by atoms with Crippen molar-refractivity contribution in [2.45, 2.75) is 13.0 Å². The fraction of sp³-hybridized carbons (Fsp3) is 0.300. The maximum atomic E-state index is 13.4. The lowest BCUT2D eigenvalue weighted by molar-refractivity contribution is 0.0935. The molecular weight excluding hydrogens is 348 g/mol. The van der Waals surface area contributed by atoms with E-state index in [2.05, 4.69) is 37.2 Å². The first-order valence-electron chi connectivity index (χ1n) is 4.47. The van der Waals surface area contributed by atoms with E-state index in [4.69, 9.17) is 0 Å². The average molecular weight is 357 g/mol. The van der Waals surface area contributed by atoms with Gasteiger partial charge in [-0.1, -0.05) is 31.9 Å². The lowest BCUT2D eigenvalue weighted by atomic mass is 10.1. The van der Waals surface area contributed by atoms with Gasteiger partial charge in [0.15, 0.2) is 0 Å². The number of hydrogen-bond donors (Lipinski definition) is 1. The molecule has 0 aliphatic heterocycles. The molecule has 1 atom stereocenters. The van der Waals surface area contributed by atoms with Crippen LogP contribution < -0.4 is 5.32 Å². The molecule has 1 N–H and O–H groups in total. The van der Waals surface area contributed by atoms with E-state index in [9.17, 15) is 13.6 Å². The summed E-state index contributed by atoms with van der Waals surface area (Å²) in [5, 5.41) is 2.98. The molecule has 0 spiro atoms. The van der Waals surface area contributed by atoms with Gasteiger partial charge in [-0.15, -0.1) is 0 Å². The number of rotatable bonds is 3. The minimum Gasteiger partial charge on any atom is -0.349 e. The van der Waals surface area contributed by atoms with E-state index in [1.54, 1.807) is 6.92 Å². The molecule has 0 saturated heterocycles. The van der Waals surface area contributed by atoms with Crippen molar-refractivity contribution in [1.29, 1.82) is 0 Å². The van der Waals surface area contributed by atoms with Crippen molar-refractivity contribution in [3.8, 4) is 0 Å². The third-order valence-corrected chi connectivity index (χ3v) is 3.27. The molecule has 88 valence electrons. The lowest BCUT2D eigenvalue weighted by Crippen LogP contribution is -2.34. The van der Waals surface area contributed by atoms with E-state index in [1.807, 2.05) is 0 Å². The van der Waals surface area contributed by atoms with Crippen LogP contribution in [0.5, 0.6) is 0 Å². The normalized spacial score (nSPS) is 12.3. The second-order valence-corrected chi connectivity index (χ2v) is 4.84. The number of halogens is 4. The molecule has 16 heavy (non-hydrogen) atoms. The molecule has 1 rings (SSSR count). The van der Waals surface area contributed by atoms with Crippen molar-refractivity contribution in [2.75, 3.05) is 5.33 Å². The smallest absolute Gasteiger partial charge is 0.257 e. The van der Waals surface area contributed by atoms with Gasteiger partial charge in [0.2, 0.25) is 0 Å². The SMILES string of the molecule is CC(CBr)NC(=O)c1c(F)cc(Br)cc1F. The minimum atomic E-state index is -0.883. The maximum absolute atomic E-state index is 13.4. The number of carbonyl (C=O) groups excluding carboxylic acids is 1. The Morgan fingerprint density at radius 1 is 1.44 bits per heavy atom. The summed E-state index contributed by atoms with van der Waals surface area (Å²) in [4.78, 5) is 11.5. The van der Waals surface area contributed by atoms with E-state index < -0.39 is 23.1 Å². The van der Waals surface area contributed by atoms with Crippen LogP contribution in [-0.4, -0.2) is 17.3 Å². The van der Waals surface area contributed by atoms with Gasteiger partial charge >= 0.3 is 0 Å². The van der Waals surface area contributed by atoms with Gasteiger partial charge in [-0.05, 0) is 19.1 Å². The maximum Gasteiger partial charge on any atom is 0.257 e. The number of carbonyl (C=O) groups is 1. The zero-order valence-corrected chi connectivity index (χ0v) is 11.5. The third kappa shape index (κ3) is 3.25. The lowest BCUT2D eigenvalue weighted by Gasteiger charge is -2.11. The Balaban J connectivity index is 3.00. The summed E-state index contributed by atoms with van der Waals surface area (Å²) in [6.45, 7) is 1.72. The Morgan fingerprint density at radius 3 is 2.38 bits per heavy atom. The molecule has 0 saturated carbocycles. The molecule has 1 unspecified atom stereocenters. The van der Waals surface area contributed by atoms with Gasteiger partial charge in [0.25, 0.3) is 5.91 Å². The van der Waals surface area contributed by atoms with E-state index in [0.717, 1.165) is 12.1 Å². The average Bonchev–Trinajstić information content (AvgIpc) is 2.15. The Hall–Kier alpha value is -0.490. The van der Waals surface area contributed by atoms with Crippen molar-refractivity contribution < 1.29 is 13.6 Å². The predicted octanol–water partition coefficient (Wildman–Crippen LogP) is 3.24. The molecule has 2 nitrogen and oxygen atoms in total. The van der Waals surface area contributed by atoms with Gasteiger partial charge < -0.3 is 5.32 Å². The van der Waals surface area contributed by atoms with Gasteiger partial charge in [-0.25, -0.2) is 8.78 Å². The summed E-state index contributed by atoms with van der Waals surface area (Å²) in [5.74, 6) is -2.52. The van der Waals surface area contributed by atoms with E-state index >= 15 is 0 Å². The molecular formula is C10H9Br2F2NO. The topological polar surface area (TPSA) is 29.1 Å². The minimum absolute atomic E-state index is 0.199. The molecule has 1 amide bonds. The Morgan fingerprint density at radius 2 is 1.94 bits per heavy atom. The number of alkyl halides is 1. The molecule has 0 aromatic heterocycles. The Bertz CT molecular complexity index is 389. The summed E-state index contributed by atoms with van der Waals surface area (Å²) in [5.41, 5.74) is -0.559. The van der Waals surface area contributed by atoms with Gasteiger partial charge in [0.05, 0.1) is 0 Å². The largest absolute Gasteiger partial charge is 0.349 e. The van der Waals surface area contributed by atoms with E-state index in [0.29, 0.717) is 5.33 Å². The number of nitrogens with one attached hydrogen (secondary N) is 1. The molecule has 0 radical (unpaired) electrons. The second-order valence-electron chi connectivity index (χ2n) is 3.27. The van der Waals surface area contributed by atoms with Crippen LogP contribution in [0, 0.1) is 11.6 Å². The van der Waals surface area contributed by atoms with Crippen molar-refractivity contribution in [3.05, 3.63) is 33.8 Å². The first-order chi connectivity index (χ1) is 7.45. The number of benzene rings is 1. The highest BCUT2D eigenvalue weighted by molar-refractivity contribution is 9.10. The highest BCUT2D eigenvalue weighted by atomic mass is 79.9. The van der Waals surface area contributed by atoms with Gasteiger partial charge in [0, 0.05) is 15.8 Å². The summed E-state index contributed by atoms with van der Waals surface area (Å²) >= 11 is 6.10. The summed E-state index contributed by atoms with van der Waals surface area (Å²) in [7, 11) is 0. The van der Waals surface area contributed by atoms with Crippen LogP contribution in [0.1, 0.15) is 17.3 Å². The monoisotopic (exact) mass is 355 g/mol. The zero-order valence-electron chi connectivity index (χ0n) is 8.36. The Labute approximate surface area is 109 Å². The second kappa shape index (κ2) is 5.72. The highest BCUT2D eigenvalue weighted by Crippen LogP contribution is 2.19. The van der Waals surface area contributed by atoms with Crippen LogP contribution in [0.3, 0.4) is 0 Å². The van der Waals surface area contributed by atoms with Crippen LogP contribution in [0.4, 0.5) is 8.78 Å². The van der Waals surface area contributed by atoms with E-state index in [1.165, 1.54) is 0 Å². The molecule has 0 fully saturated rings. The summed E-state index contributed by atoms with van der Waals surface area (Å²) < 4.78 is 27.0. The van der Waals surface area contributed by atoms with Crippen LogP contribution in [-0.2, 0) is 0 Å². The fourth-order valence-corrected chi connectivity index (χ4v) is 1.66. The van der Waals surface area contributed by atoms with Gasteiger partial charge in [-0.2, -0.15) is 0 Å². The van der Waals surface area contributed by atoms with Gasteiger partial charge in [-0.3, -0.25) is 4.79 Å². The van der Waals surface area contributed by atoms with E-state index in [-0.39, 0.29) is 10.5 Å². The predicted molar refractivity (Wildman–Crippen MR) is 64.8 cm³/mol. The first kappa shape index (κ1) is 13.6. The molecule has 0 aliphatic rings. The summed E-state index contributed by atoms with van der Waals surface area (Å²) in [6, 6.07) is 1.91. The highest BCUT2D eigenvalue weighted by Gasteiger charge is 2.19. The summed E-state index contributed by atoms with van der Waals surface area (Å²) in [6.07, 6.45) is 0. The molecule has 0 aliphatic carbocycles. The van der Waals surface area contributed by atoms with Gasteiger partial charge in [0.1, 0.15) is 17.2 Å². The fourth-order valence-electron chi connectivity index (χ4n) is 1.09. The molecule has 0 heterocycles. The first-order valence-corrected chi connectivity index (χ1v) is 6.38. The molecule has 1 aromatic carbocycles. The number of hydrogen-bond acceptors (Lipinski definition) is 1. The van der Waals surface area contributed by atoms with Crippen LogP contribution in [0.25, 0.3) is 0 Å². The number of amides is 1. The van der Waals surface area contributed by atoms with Crippen molar-refractivity contribution in [3.63, 3.8) is 0 Å². The molecule has 6 heteroatoms. The molecule has 1 aromatic rings. The van der Waals surface area contributed by atoms with Crippen molar-refractivity contribution >= 4 is 37.8 Å². The van der Waals surface area contributed by atoms with Crippen LogP contribution in [0.2, 0.25) is 0 Å².